The van der Waals surface area contributed by atoms with Crippen molar-refractivity contribution >= 4 is 22.8 Å². The second-order valence-corrected chi connectivity index (χ2v) is 4.15. The van der Waals surface area contributed by atoms with Gasteiger partial charge in [-0.1, -0.05) is 6.07 Å². The number of hydrogen-bond donors (Lipinski definition) is 1. The number of anilines is 1. The summed E-state index contributed by atoms with van der Waals surface area (Å²) in [6.07, 6.45) is 1.96. The van der Waals surface area contributed by atoms with Gasteiger partial charge >= 0.3 is 0 Å². The van der Waals surface area contributed by atoms with Crippen molar-refractivity contribution in [2.24, 2.45) is 0 Å². The normalized spacial score (nSPS) is 10.1. The molecule has 0 amide bonds. The molecule has 3 nitrogen and oxygen atoms in total. The van der Waals surface area contributed by atoms with Crippen molar-refractivity contribution in [3.05, 3.63) is 46.4 Å². The molecular weight excluding hydrogens is 208 g/mol. The van der Waals surface area contributed by atoms with Crippen LogP contribution < -0.4 is 5.73 Å². The highest BCUT2D eigenvalue weighted by Crippen LogP contribution is 2.14. The van der Waals surface area contributed by atoms with E-state index in [4.69, 9.17) is 5.73 Å². The van der Waals surface area contributed by atoms with Crippen molar-refractivity contribution in [1.29, 1.82) is 0 Å². The number of Topliss-reactive ketones (excluding diaryl/α,β-unsaturated/α-hetero) is 1. The minimum absolute atomic E-state index is 0.0319. The topological polar surface area (TPSA) is 56.0 Å². The lowest BCUT2D eigenvalue weighted by Crippen LogP contribution is -2.08. The number of ketones is 1. The smallest absolute Gasteiger partial charge is 0.188 e. The highest BCUT2D eigenvalue weighted by Gasteiger charge is 2.11. The molecule has 2 rings (SSSR count). The first-order valence-electron chi connectivity index (χ1n) is 4.53. The second kappa shape index (κ2) is 4.23. The number of pyridine rings is 1. The summed E-state index contributed by atoms with van der Waals surface area (Å²) in [5.74, 6) is -0.0319. The first-order valence-corrected chi connectivity index (χ1v) is 5.41. The fraction of sp³-hybridized carbons (Fsp3) is 0.0909. The van der Waals surface area contributed by atoms with Gasteiger partial charge in [-0.15, -0.1) is 11.3 Å². The molecule has 76 valence electrons. The van der Waals surface area contributed by atoms with Gasteiger partial charge in [-0.2, -0.15) is 0 Å². The second-order valence-electron chi connectivity index (χ2n) is 3.12. The third kappa shape index (κ3) is 2.22. The Kier molecular flexibility index (Phi) is 2.78. The lowest BCUT2D eigenvalue weighted by molar-refractivity contribution is 0.0990. The van der Waals surface area contributed by atoms with Gasteiger partial charge in [-0.05, 0) is 23.6 Å². The van der Waals surface area contributed by atoms with E-state index in [0.717, 1.165) is 4.88 Å². The summed E-state index contributed by atoms with van der Waals surface area (Å²) < 4.78 is 0. The summed E-state index contributed by atoms with van der Waals surface area (Å²) in [5.41, 5.74) is 6.48. The van der Waals surface area contributed by atoms with Gasteiger partial charge in [0.15, 0.2) is 5.78 Å². The van der Waals surface area contributed by atoms with Gasteiger partial charge in [-0.3, -0.25) is 9.78 Å². The SMILES string of the molecule is Nc1cccnc1C(=O)Cc1cccs1. The van der Waals surface area contributed by atoms with Crippen LogP contribution in [0.25, 0.3) is 0 Å². The van der Waals surface area contributed by atoms with E-state index in [1.165, 1.54) is 0 Å². The number of nitrogens with two attached hydrogens (primary N) is 1. The molecule has 2 aromatic rings. The fourth-order valence-electron chi connectivity index (χ4n) is 1.31. The molecule has 0 aliphatic heterocycles. The molecule has 0 saturated carbocycles. The van der Waals surface area contributed by atoms with Gasteiger partial charge in [0.25, 0.3) is 0 Å². The first-order chi connectivity index (χ1) is 7.27. The zero-order valence-corrected chi connectivity index (χ0v) is 8.83. The van der Waals surface area contributed by atoms with Crippen LogP contribution >= 0.6 is 11.3 Å². The minimum Gasteiger partial charge on any atom is -0.397 e. The average Bonchev–Trinajstić information content (AvgIpc) is 2.71. The van der Waals surface area contributed by atoms with Gasteiger partial charge in [0.1, 0.15) is 5.69 Å². The molecule has 2 aromatic heterocycles. The predicted octanol–water partition coefficient (Wildman–Crippen LogP) is 2.15. The van der Waals surface area contributed by atoms with Crippen molar-refractivity contribution in [3.63, 3.8) is 0 Å². The van der Waals surface area contributed by atoms with E-state index in [0.29, 0.717) is 17.8 Å². The van der Waals surface area contributed by atoms with Crippen molar-refractivity contribution in [2.45, 2.75) is 6.42 Å². The average molecular weight is 218 g/mol. The maximum Gasteiger partial charge on any atom is 0.188 e. The van der Waals surface area contributed by atoms with Crippen molar-refractivity contribution in [2.75, 3.05) is 5.73 Å². The molecule has 0 aliphatic carbocycles. The number of nitrogens with zero attached hydrogens (tertiary/aromatic N) is 1. The molecule has 4 heteroatoms. The Bertz CT molecular complexity index is 465. The third-order valence-electron chi connectivity index (χ3n) is 2.02. The molecular formula is C11H10N2OS. The first kappa shape index (κ1) is 9.86. The summed E-state index contributed by atoms with van der Waals surface area (Å²) in [6.45, 7) is 0. The Morgan fingerprint density at radius 1 is 1.40 bits per heavy atom. The zero-order valence-electron chi connectivity index (χ0n) is 8.01. The zero-order chi connectivity index (χ0) is 10.7. The molecule has 0 spiro atoms. The maximum absolute atomic E-state index is 11.8. The minimum atomic E-state index is -0.0319. The van der Waals surface area contributed by atoms with Crippen LogP contribution in [0.4, 0.5) is 5.69 Å². The van der Waals surface area contributed by atoms with E-state index >= 15 is 0 Å². The number of rotatable bonds is 3. The number of thiophene rings is 1. The molecule has 15 heavy (non-hydrogen) atoms. The molecule has 0 atom stereocenters. The molecule has 0 bridgehead atoms. The quantitative estimate of drug-likeness (QED) is 0.803. The van der Waals surface area contributed by atoms with Gasteiger partial charge in [0.05, 0.1) is 5.69 Å². The largest absolute Gasteiger partial charge is 0.397 e. The molecule has 2 heterocycles. The molecule has 0 aromatic carbocycles. The van der Waals surface area contributed by atoms with Crippen LogP contribution in [-0.2, 0) is 6.42 Å². The van der Waals surface area contributed by atoms with E-state index in [9.17, 15) is 4.79 Å². The Balaban J connectivity index is 2.19. The Morgan fingerprint density at radius 3 is 2.93 bits per heavy atom. The summed E-state index contributed by atoms with van der Waals surface area (Å²) in [6, 6.07) is 7.27. The van der Waals surface area contributed by atoms with Crippen LogP contribution in [-0.4, -0.2) is 10.8 Å². The molecule has 0 unspecified atom stereocenters. The van der Waals surface area contributed by atoms with Crippen LogP contribution in [0, 0.1) is 0 Å². The standard InChI is InChI=1S/C11H10N2OS/c12-9-4-1-5-13-11(9)10(14)7-8-3-2-6-15-8/h1-6H,7,12H2. The van der Waals surface area contributed by atoms with Gasteiger partial charge in [0.2, 0.25) is 0 Å². The lowest BCUT2D eigenvalue weighted by Gasteiger charge is -2.01. The van der Waals surface area contributed by atoms with E-state index in [1.54, 1.807) is 29.7 Å². The highest BCUT2D eigenvalue weighted by molar-refractivity contribution is 7.10. The van der Waals surface area contributed by atoms with E-state index < -0.39 is 0 Å². The third-order valence-corrected chi connectivity index (χ3v) is 2.89. The predicted molar refractivity (Wildman–Crippen MR) is 61.0 cm³/mol. The molecule has 0 saturated heterocycles. The van der Waals surface area contributed by atoms with E-state index in [-0.39, 0.29) is 5.78 Å². The van der Waals surface area contributed by atoms with Crippen LogP contribution in [0.1, 0.15) is 15.4 Å². The number of carbonyl (C=O) groups excluding carboxylic acids is 1. The fourth-order valence-corrected chi connectivity index (χ4v) is 2.01. The van der Waals surface area contributed by atoms with Crippen molar-refractivity contribution < 1.29 is 4.79 Å². The Hall–Kier alpha value is -1.68. The summed E-state index contributed by atoms with van der Waals surface area (Å²) in [7, 11) is 0. The summed E-state index contributed by atoms with van der Waals surface area (Å²) in [5, 5.41) is 1.95. The summed E-state index contributed by atoms with van der Waals surface area (Å²) in [4.78, 5) is 16.8. The highest BCUT2D eigenvalue weighted by atomic mass is 32.1. The van der Waals surface area contributed by atoms with Gasteiger partial charge in [0, 0.05) is 17.5 Å². The van der Waals surface area contributed by atoms with Gasteiger partial charge < -0.3 is 5.73 Å². The van der Waals surface area contributed by atoms with Crippen LogP contribution in [0.3, 0.4) is 0 Å². The number of nitrogen functional groups attached to an aromatic ring is 1. The summed E-state index contributed by atoms with van der Waals surface area (Å²) >= 11 is 1.56. The number of carbonyl (C=O) groups is 1. The van der Waals surface area contributed by atoms with E-state index in [2.05, 4.69) is 4.98 Å². The number of aromatic nitrogens is 1. The van der Waals surface area contributed by atoms with Crippen LogP contribution in [0.15, 0.2) is 35.8 Å². The van der Waals surface area contributed by atoms with E-state index in [1.807, 2.05) is 17.5 Å². The van der Waals surface area contributed by atoms with Crippen molar-refractivity contribution in [1.82, 2.24) is 4.98 Å². The van der Waals surface area contributed by atoms with Crippen LogP contribution in [0.2, 0.25) is 0 Å². The number of hydrogen-bond acceptors (Lipinski definition) is 4. The lowest BCUT2D eigenvalue weighted by atomic mass is 10.1. The Morgan fingerprint density at radius 2 is 2.27 bits per heavy atom. The maximum atomic E-state index is 11.8. The molecule has 0 radical (unpaired) electrons. The van der Waals surface area contributed by atoms with Crippen LogP contribution in [0.5, 0.6) is 0 Å². The molecule has 2 N–H and O–H groups in total. The Labute approximate surface area is 91.6 Å². The van der Waals surface area contributed by atoms with Crippen molar-refractivity contribution in [3.8, 4) is 0 Å². The molecule has 0 fully saturated rings. The monoisotopic (exact) mass is 218 g/mol. The van der Waals surface area contributed by atoms with Gasteiger partial charge in [-0.25, -0.2) is 0 Å². The molecule has 0 aliphatic rings.